The quantitative estimate of drug-likeness (QED) is 0.412. The van der Waals surface area contributed by atoms with Crippen LogP contribution in [0.4, 0.5) is 4.79 Å². The molecule has 1 aliphatic rings. The van der Waals surface area contributed by atoms with Gasteiger partial charge in [0.2, 0.25) is 0 Å². The molecule has 1 aliphatic heterocycles. The fourth-order valence-electron chi connectivity index (χ4n) is 2.59. The molecule has 1 aromatic carbocycles. The van der Waals surface area contributed by atoms with E-state index >= 15 is 0 Å². The number of aromatic nitrogens is 2. The molecule has 0 amide bonds. The lowest BCUT2D eigenvalue weighted by Gasteiger charge is -2.09. The average molecular weight is 434 g/mol. The molecule has 29 heavy (non-hydrogen) atoms. The highest BCUT2D eigenvalue weighted by Crippen LogP contribution is 2.42. The number of aryl methyl sites for hydroxylation is 1. The Morgan fingerprint density at radius 3 is 2.72 bits per heavy atom. The van der Waals surface area contributed by atoms with Crippen LogP contribution < -0.4 is 9.47 Å². The summed E-state index contributed by atoms with van der Waals surface area (Å²) >= 11 is 2.47. The van der Waals surface area contributed by atoms with Crippen molar-refractivity contribution in [3.05, 3.63) is 38.7 Å². The van der Waals surface area contributed by atoms with E-state index in [1.807, 2.05) is 6.92 Å². The summed E-state index contributed by atoms with van der Waals surface area (Å²) in [7, 11) is 1.45. The predicted octanol–water partition coefficient (Wildman–Crippen LogP) is 4.06. The van der Waals surface area contributed by atoms with Crippen LogP contribution in [-0.4, -0.2) is 40.9 Å². The molecule has 0 saturated carbocycles. The van der Waals surface area contributed by atoms with Crippen molar-refractivity contribution in [1.82, 2.24) is 10.2 Å². The number of allylic oxidation sites excluding steroid dienone is 1. The Bertz CT molecular complexity index is 986. The van der Waals surface area contributed by atoms with Crippen LogP contribution in [0.15, 0.2) is 23.1 Å². The van der Waals surface area contributed by atoms with E-state index in [-0.39, 0.29) is 23.2 Å². The van der Waals surface area contributed by atoms with Crippen LogP contribution in [0.2, 0.25) is 0 Å². The third kappa shape index (κ3) is 4.65. The molecule has 0 radical (unpaired) electrons. The van der Waals surface area contributed by atoms with Gasteiger partial charge in [0.05, 0.1) is 23.7 Å². The second-order valence-electron chi connectivity index (χ2n) is 5.86. The minimum absolute atomic E-state index is 0.176. The fraction of sp³-hybridized carbons (Fsp3) is 0.316. The van der Waals surface area contributed by atoms with Crippen molar-refractivity contribution in [1.29, 1.82) is 5.41 Å². The molecule has 3 rings (SSSR count). The smallest absolute Gasteiger partial charge is 0.493 e. The Balaban J connectivity index is 1.83. The van der Waals surface area contributed by atoms with Crippen LogP contribution >= 0.6 is 23.1 Å². The molecule has 0 bridgehead atoms. The van der Waals surface area contributed by atoms with Crippen molar-refractivity contribution in [2.45, 2.75) is 26.2 Å². The van der Waals surface area contributed by atoms with E-state index < -0.39 is 12.1 Å². The van der Waals surface area contributed by atoms with E-state index in [0.29, 0.717) is 21.2 Å². The summed E-state index contributed by atoms with van der Waals surface area (Å²) in [5, 5.41) is 18.0. The highest BCUT2D eigenvalue weighted by Gasteiger charge is 2.39. The summed E-state index contributed by atoms with van der Waals surface area (Å²) in [4.78, 5) is 24.8. The summed E-state index contributed by atoms with van der Waals surface area (Å²) in [6.07, 6.45) is 1.60. The molecular formula is C19H19N3O5S2. The van der Waals surface area contributed by atoms with Crippen LogP contribution in [0.25, 0.3) is 6.08 Å². The van der Waals surface area contributed by atoms with Gasteiger partial charge >= 0.3 is 6.16 Å². The van der Waals surface area contributed by atoms with Crippen molar-refractivity contribution in [3.63, 3.8) is 0 Å². The van der Waals surface area contributed by atoms with Crippen molar-refractivity contribution >= 4 is 46.2 Å². The first-order chi connectivity index (χ1) is 14.0. The number of hydrogen-bond donors (Lipinski definition) is 1. The first kappa shape index (κ1) is 21.0. The Morgan fingerprint density at radius 1 is 1.28 bits per heavy atom. The summed E-state index contributed by atoms with van der Waals surface area (Å²) in [6, 6.07) is 4.90. The van der Waals surface area contributed by atoms with Gasteiger partial charge in [-0.1, -0.05) is 24.8 Å². The number of methoxy groups -OCH3 is 1. The summed E-state index contributed by atoms with van der Waals surface area (Å²) in [6.45, 7) is 3.85. The van der Waals surface area contributed by atoms with Gasteiger partial charge in [0.25, 0.3) is 0 Å². The van der Waals surface area contributed by atoms with Crippen molar-refractivity contribution in [2.24, 2.45) is 0 Å². The first-order valence-electron chi connectivity index (χ1n) is 8.83. The molecule has 152 valence electrons. The first-order valence-corrected chi connectivity index (χ1v) is 10.5. The van der Waals surface area contributed by atoms with Crippen LogP contribution in [-0.2, 0) is 16.0 Å². The lowest BCUT2D eigenvalue weighted by molar-refractivity contribution is -0.114. The number of hydrogen-bond acceptors (Lipinski definition) is 10. The minimum Gasteiger partial charge on any atom is -0.493 e. The normalized spacial score (nSPS) is 17.6. The summed E-state index contributed by atoms with van der Waals surface area (Å²) in [5.41, 5.74) is 0.675. The number of thioether (sulfide) groups is 1. The maximum atomic E-state index is 12.8. The Morgan fingerprint density at radius 2 is 2.07 bits per heavy atom. The van der Waals surface area contributed by atoms with Gasteiger partial charge in [-0.2, -0.15) is 0 Å². The van der Waals surface area contributed by atoms with E-state index in [2.05, 4.69) is 10.2 Å². The second-order valence-corrected chi connectivity index (χ2v) is 8.03. The van der Waals surface area contributed by atoms with E-state index in [0.717, 1.165) is 23.2 Å². The topological polar surface area (TPSA) is 111 Å². The molecule has 1 N–H and O–H groups in total. The molecule has 1 aromatic heterocycles. The number of benzene rings is 1. The van der Waals surface area contributed by atoms with Gasteiger partial charge in [-0.05, 0) is 37.1 Å². The molecule has 0 aliphatic carbocycles. The van der Waals surface area contributed by atoms with Crippen LogP contribution in [0.5, 0.6) is 11.5 Å². The minimum atomic E-state index is -0.821. The fourth-order valence-corrected chi connectivity index (χ4v) is 4.54. The largest absolute Gasteiger partial charge is 0.513 e. The maximum absolute atomic E-state index is 12.8. The molecule has 2 aromatic rings. The van der Waals surface area contributed by atoms with Gasteiger partial charge in [-0.25, -0.2) is 4.79 Å². The van der Waals surface area contributed by atoms with E-state index in [1.165, 1.54) is 18.4 Å². The van der Waals surface area contributed by atoms with Gasteiger partial charge in [-0.15, -0.1) is 21.5 Å². The molecule has 8 nitrogen and oxygen atoms in total. The van der Waals surface area contributed by atoms with Crippen LogP contribution in [0.1, 0.15) is 35.3 Å². The second kappa shape index (κ2) is 9.19. The highest BCUT2D eigenvalue weighted by molar-refractivity contribution is 8.19. The Labute approximate surface area is 175 Å². The number of Topliss-reactive ketones (excluding diaryl/α,β-unsaturated/α-hetero) is 1. The Kier molecular flexibility index (Phi) is 6.65. The van der Waals surface area contributed by atoms with Gasteiger partial charge in [0, 0.05) is 0 Å². The molecule has 1 saturated heterocycles. The van der Waals surface area contributed by atoms with Crippen LogP contribution in [0, 0.1) is 5.41 Å². The molecule has 0 spiro atoms. The zero-order valence-corrected chi connectivity index (χ0v) is 17.7. The van der Waals surface area contributed by atoms with Crippen LogP contribution in [0.3, 0.4) is 0 Å². The number of carbonyl (C=O) groups excluding carboxylic acids is 2. The van der Waals surface area contributed by atoms with E-state index in [1.54, 1.807) is 31.2 Å². The van der Waals surface area contributed by atoms with E-state index in [4.69, 9.17) is 19.6 Å². The van der Waals surface area contributed by atoms with E-state index in [9.17, 15) is 9.59 Å². The maximum Gasteiger partial charge on any atom is 0.513 e. The third-order valence-corrected chi connectivity index (χ3v) is 6.09. The van der Waals surface area contributed by atoms with Gasteiger partial charge in [0.1, 0.15) is 15.9 Å². The number of ether oxygens (including phenoxy) is 3. The number of nitrogens with one attached hydrogen (secondary N) is 1. The molecule has 2 heterocycles. The highest BCUT2D eigenvalue weighted by atomic mass is 32.2. The molecule has 1 unspecified atom stereocenters. The lowest BCUT2D eigenvalue weighted by atomic mass is 10.1. The lowest BCUT2D eigenvalue weighted by Crippen LogP contribution is -2.11. The predicted molar refractivity (Wildman–Crippen MR) is 111 cm³/mol. The molecule has 1 atom stereocenters. The molecular weight excluding hydrogens is 414 g/mol. The standard InChI is InChI=1S/C19H19N3O5S2/c1-4-14-21-22-18(29-14)15-16(23)13(28-17(15)20)9-10-6-7-11(12(8-10)25-3)27-19(24)26-5-2/h6-9,15,20H,4-5H2,1-3H3. The SMILES string of the molecule is CCOC(=O)Oc1ccc(C=C2SC(=N)C(c3nnc(CC)s3)C2=O)cc1OC. The summed E-state index contributed by atoms with van der Waals surface area (Å²) < 4.78 is 15.1. The number of nitrogens with zero attached hydrogens (tertiary/aromatic N) is 2. The molecule has 1 fully saturated rings. The zero-order chi connectivity index (χ0) is 21.0. The van der Waals surface area contributed by atoms with Gasteiger partial charge in [0.15, 0.2) is 17.3 Å². The van der Waals surface area contributed by atoms with Crippen molar-refractivity contribution in [2.75, 3.05) is 13.7 Å². The third-order valence-electron chi connectivity index (χ3n) is 3.96. The average Bonchev–Trinajstić information content (AvgIpc) is 3.27. The van der Waals surface area contributed by atoms with Gasteiger partial charge in [-0.3, -0.25) is 10.2 Å². The Hall–Kier alpha value is -2.72. The number of rotatable bonds is 6. The monoisotopic (exact) mass is 433 g/mol. The van der Waals surface area contributed by atoms with Crippen molar-refractivity contribution < 1.29 is 23.8 Å². The zero-order valence-electron chi connectivity index (χ0n) is 16.1. The van der Waals surface area contributed by atoms with Gasteiger partial charge < -0.3 is 14.2 Å². The summed E-state index contributed by atoms with van der Waals surface area (Å²) in [5.74, 6) is -0.335. The van der Waals surface area contributed by atoms with Crippen molar-refractivity contribution in [3.8, 4) is 11.5 Å². The number of ketones is 1. The molecule has 10 heteroatoms. The number of carbonyl (C=O) groups is 2.